The second kappa shape index (κ2) is 22.6. The predicted octanol–water partition coefficient (Wildman–Crippen LogP) is -2.94. The minimum absolute atomic E-state index is 0.0563. The number of aliphatic hydroxyl groups is 1. The Morgan fingerprint density at radius 1 is 0.612 bits per heavy atom. The fraction of sp³-hybridized carbons (Fsp3) is 0.733. The van der Waals surface area contributed by atoms with Crippen LogP contribution in [0.25, 0.3) is 0 Å². The van der Waals surface area contributed by atoms with E-state index >= 15 is 0 Å². The average Bonchev–Trinajstić information content (AvgIpc) is 2.99. The molecule has 7 atom stereocenters. The van der Waals surface area contributed by atoms with E-state index in [1.807, 2.05) is 27.7 Å². The first-order chi connectivity index (χ1) is 22.7. The van der Waals surface area contributed by atoms with Gasteiger partial charge in [0.1, 0.15) is 36.3 Å². The molecule has 0 saturated carbocycles. The number of aliphatic hydroxyl groups excluding tert-OH is 1. The summed E-state index contributed by atoms with van der Waals surface area (Å²) < 4.78 is 0. The molecule has 0 aromatic rings. The Hall–Kier alpha value is -3.97. The zero-order chi connectivity index (χ0) is 38.0. The fourth-order valence-corrected chi connectivity index (χ4v) is 4.78. The van der Waals surface area contributed by atoms with Gasteiger partial charge in [-0.2, -0.15) is 11.8 Å². The molecule has 0 aromatic carbocycles. The lowest BCUT2D eigenvalue weighted by Crippen LogP contribution is -2.59. The van der Waals surface area contributed by atoms with Gasteiger partial charge in [-0.1, -0.05) is 27.7 Å². The number of hydrogen-bond acceptors (Lipinski definition) is 11. The highest BCUT2D eigenvalue weighted by Crippen LogP contribution is 2.11. The lowest BCUT2D eigenvalue weighted by molar-refractivity contribution is -0.143. The van der Waals surface area contributed by atoms with E-state index in [2.05, 4.69) is 31.9 Å². The molecule has 49 heavy (non-hydrogen) atoms. The number of carbonyl (C=O) groups excluding carboxylic acids is 7. The van der Waals surface area contributed by atoms with E-state index in [9.17, 15) is 38.4 Å². The molecule has 280 valence electrons. The van der Waals surface area contributed by atoms with Crippen LogP contribution in [-0.2, 0) is 38.4 Å². The summed E-state index contributed by atoms with van der Waals surface area (Å²) in [6.07, 6.45) is 1.90. The van der Waals surface area contributed by atoms with Crippen molar-refractivity contribution in [1.29, 1.82) is 0 Å². The minimum Gasteiger partial charge on any atom is -0.480 e. The summed E-state index contributed by atoms with van der Waals surface area (Å²) in [5, 5.41) is 32.9. The van der Waals surface area contributed by atoms with Gasteiger partial charge in [0.05, 0.1) is 19.1 Å². The molecule has 0 bridgehead atoms. The lowest BCUT2D eigenvalue weighted by Gasteiger charge is -2.27. The largest absolute Gasteiger partial charge is 0.480 e. The smallest absolute Gasteiger partial charge is 0.328 e. The monoisotopic (exact) mass is 718 g/mol. The maximum atomic E-state index is 13.5. The normalized spacial score (nSPS) is 15.4. The number of rotatable bonds is 23. The first-order valence-electron chi connectivity index (χ1n) is 15.9. The summed E-state index contributed by atoms with van der Waals surface area (Å²) in [6, 6.07) is -8.57. The molecule has 0 fully saturated rings. The van der Waals surface area contributed by atoms with Gasteiger partial charge in [0.2, 0.25) is 41.4 Å². The molecule has 0 saturated heterocycles. The molecule has 12 N–H and O–H groups in total. The topological polar surface area (TPSA) is 301 Å². The summed E-state index contributed by atoms with van der Waals surface area (Å²) in [4.78, 5) is 100. The van der Waals surface area contributed by atoms with Gasteiger partial charge in [0.15, 0.2) is 0 Å². The summed E-state index contributed by atoms with van der Waals surface area (Å²) in [7, 11) is 0. The van der Waals surface area contributed by atoms with E-state index in [0.717, 1.165) is 0 Å². The summed E-state index contributed by atoms with van der Waals surface area (Å²) in [5.74, 6) is -6.42. The van der Waals surface area contributed by atoms with Crippen LogP contribution in [0, 0.1) is 11.8 Å². The van der Waals surface area contributed by atoms with Crippen molar-refractivity contribution in [3.8, 4) is 0 Å². The number of aliphatic carboxylic acids is 1. The van der Waals surface area contributed by atoms with Crippen molar-refractivity contribution < 1.29 is 48.6 Å². The third-order valence-electron chi connectivity index (χ3n) is 6.98. The van der Waals surface area contributed by atoms with Crippen molar-refractivity contribution in [3.05, 3.63) is 0 Å². The number of primary amides is 1. The Morgan fingerprint density at radius 2 is 1.00 bits per heavy atom. The fourth-order valence-electron chi connectivity index (χ4n) is 4.31. The molecular weight excluding hydrogens is 664 g/mol. The number of hydrogen-bond donors (Lipinski definition) is 10. The van der Waals surface area contributed by atoms with Crippen molar-refractivity contribution in [2.75, 3.05) is 18.6 Å². The van der Waals surface area contributed by atoms with Crippen LogP contribution in [0.5, 0.6) is 0 Å². The molecule has 0 aliphatic rings. The molecule has 0 rings (SSSR count). The Bertz CT molecular complexity index is 1170. The molecule has 0 aromatic heterocycles. The van der Waals surface area contributed by atoms with Gasteiger partial charge < -0.3 is 53.6 Å². The van der Waals surface area contributed by atoms with Crippen LogP contribution in [-0.4, -0.2) is 118 Å². The van der Waals surface area contributed by atoms with E-state index in [1.165, 1.54) is 25.6 Å². The van der Waals surface area contributed by atoms with Crippen LogP contribution < -0.4 is 43.4 Å². The highest BCUT2D eigenvalue weighted by Gasteiger charge is 2.32. The standard InChI is InChI=1S/C30H54N8O10S/c1-14(2)10-20(36-26(43)18(31)12-23(32)40)29(46)37-21(11-15(3)4)28(45)35-19(8-9-49-7)27(44)34-16(5)24(41)33-17(6)25(42)38-22(13-39)30(47)48/h14-22,39H,8-13,31H2,1-7H3,(H2,32,40)(H,33,41)(H,34,44)(H,35,45)(H,36,43)(H,37,46)(H,38,42)(H,47,48)/t16-,17-,18-,19-,20-,21-,22-/m0/s1. The van der Waals surface area contributed by atoms with Crippen molar-refractivity contribution in [2.45, 2.75) is 110 Å². The third kappa shape index (κ3) is 17.8. The lowest BCUT2D eigenvalue weighted by atomic mass is 9.99. The number of nitrogens with two attached hydrogens (primary N) is 2. The Morgan fingerprint density at radius 3 is 1.41 bits per heavy atom. The number of carboxylic acid groups (broad SMARTS) is 1. The quantitative estimate of drug-likeness (QED) is 0.0508. The summed E-state index contributed by atoms with van der Waals surface area (Å²) in [6.45, 7) is 9.08. The van der Waals surface area contributed by atoms with Gasteiger partial charge in [-0.25, -0.2) is 4.79 Å². The average molecular weight is 719 g/mol. The number of carboxylic acids is 1. The zero-order valence-corrected chi connectivity index (χ0v) is 30.0. The SMILES string of the molecule is CSCC[C@H](NC(=O)[C@H](CC(C)C)NC(=O)[C@H](CC(C)C)NC(=O)[C@@H](N)CC(N)=O)C(=O)N[C@@H](C)C(=O)N[C@@H](C)C(=O)N[C@@H](CO)C(=O)O. The molecule has 0 aliphatic carbocycles. The number of carbonyl (C=O) groups is 8. The molecular formula is C30H54N8O10S. The first kappa shape index (κ1) is 45.0. The van der Waals surface area contributed by atoms with Crippen molar-refractivity contribution in [2.24, 2.45) is 23.3 Å². The van der Waals surface area contributed by atoms with Crippen LogP contribution in [0.1, 0.15) is 67.2 Å². The Balaban J connectivity index is 5.77. The summed E-state index contributed by atoms with van der Waals surface area (Å²) >= 11 is 1.41. The highest BCUT2D eigenvalue weighted by atomic mass is 32.2. The van der Waals surface area contributed by atoms with Crippen LogP contribution in [0.2, 0.25) is 0 Å². The molecule has 7 amide bonds. The number of amides is 7. The first-order valence-corrected chi connectivity index (χ1v) is 17.3. The molecule has 19 heteroatoms. The van der Waals surface area contributed by atoms with Crippen molar-refractivity contribution >= 4 is 59.1 Å². The molecule has 0 spiro atoms. The van der Waals surface area contributed by atoms with Gasteiger partial charge in [0, 0.05) is 0 Å². The Kier molecular flexibility index (Phi) is 20.8. The maximum absolute atomic E-state index is 13.5. The van der Waals surface area contributed by atoms with E-state index in [-0.39, 0.29) is 31.1 Å². The molecule has 0 heterocycles. The summed E-state index contributed by atoms with van der Waals surface area (Å²) in [5.41, 5.74) is 10.9. The van der Waals surface area contributed by atoms with Crippen LogP contribution >= 0.6 is 11.8 Å². The number of nitrogens with one attached hydrogen (secondary N) is 6. The minimum atomic E-state index is -1.57. The van der Waals surface area contributed by atoms with E-state index in [0.29, 0.717) is 5.75 Å². The van der Waals surface area contributed by atoms with Gasteiger partial charge in [0.25, 0.3) is 0 Å². The third-order valence-corrected chi connectivity index (χ3v) is 7.63. The molecule has 0 unspecified atom stereocenters. The highest BCUT2D eigenvalue weighted by molar-refractivity contribution is 7.98. The molecule has 0 radical (unpaired) electrons. The van der Waals surface area contributed by atoms with Crippen molar-refractivity contribution in [3.63, 3.8) is 0 Å². The van der Waals surface area contributed by atoms with Gasteiger partial charge in [-0.3, -0.25) is 33.6 Å². The second-order valence-corrected chi connectivity index (χ2v) is 13.5. The van der Waals surface area contributed by atoms with Gasteiger partial charge in [-0.05, 0) is 57.0 Å². The molecule has 18 nitrogen and oxygen atoms in total. The van der Waals surface area contributed by atoms with E-state index in [4.69, 9.17) is 21.7 Å². The van der Waals surface area contributed by atoms with Crippen LogP contribution in [0.3, 0.4) is 0 Å². The van der Waals surface area contributed by atoms with Crippen molar-refractivity contribution in [1.82, 2.24) is 31.9 Å². The second-order valence-electron chi connectivity index (χ2n) is 12.5. The van der Waals surface area contributed by atoms with Gasteiger partial charge >= 0.3 is 5.97 Å². The molecule has 0 aliphatic heterocycles. The van der Waals surface area contributed by atoms with E-state index in [1.54, 1.807) is 6.26 Å². The van der Waals surface area contributed by atoms with Crippen LogP contribution in [0.4, 0.5) is 0 Å². The maximum Gasteiger partial charge on any atom is 0.328 e. The Labute approximate surface area is 290 Å². The van der Waals surface area contributed by atoms with Gasteiger partial charge in [-0.15, -0.1) is 0 Å². The van der Waals surface area contributed by atoms with E-state index < -0.39 is 103 Å². The predicted molar refractivity (Wildman–Crippen MR) is 181 cm³/mol. The number of thioether (sulfide) groups is 1. The zero-order valence-electron chi connectivity index (χ0n) is 29.2. The van der Waals surface area contributed by atoms with Crippen LogP contribution in [0.15, 0.2) is 0 Å².